The summed E-state index contributed by atoms with van der Waals surface area (Å²) in [6.45, 7) is 0. The summed E-state index contributed by atoms with van der Waals surface area (Å²) in [5.41, 5.74) is 5.93. The number of nitrogens with one attached hydrogen (secondary N) is 1. The molecule has 2 aliphatic carbocycles. The van der Waals surface area contributed by atoms with Crippen molar-refractivity contribution >= 4 is 23.7 Å². The molecule has 2 fully saturated rings. The molecule has 1 heterocycles. The summed E-state index contributed by atoms with van der Waals surface area (Å²) >= 11 is 1.32. The summed E-state index contributed by atoms with van der Waals surface area (Å²) in [6.07, 6.45) is 4.54. The van der Waals surface area contributed by atoms with Gasteiger partial charge in [-0.3, -0.25) is 10.1 Å². The third-order valence-electron chi connectivity index (χ3n) is 4.36. The molecule has 0 radical (unpaired) electrons. The number of hydrogen-bond donors (Lipinski definition) is 2. The number of amides is 3. The van der Waals surface area contributed by atoms with Gasteiger partial charge in [-0.15, -0.1) is 10.2 Å². The number of rotatable bonds is 6. The van der Waals surface area contributed by atoms with E-state index >= 15 is 0 Å². The van der Waals surface area contributed by atoms with Crippen LogP contribution in [0.3, 0.4) is 0 Å². The molecule has 4 rings (SSSR count). The van der Waals surface area contributed by atoms with Crippen LogP contribution in [0.2, 0.25) is 0 Å². The van der Waals surface area contributed by atoms with Crippen molar-refractivity contribution in [3.8, 4) is 0 Å². The van der Waals surface area contributed by atoms with Crippen molar-refractivity contribution in [2.45, 2.75) is 48.0 Å². The van der Waals surface area contributed by atoms with Crippen LogP contribution in [0.5, 0.6) is 0 Å². The van der Waals surface area contributed by atoms with E-state index in [2.05, 4.69) is 20.1 Å². The van der Waals surface area contributed by atoms with Gasteiger partial charge in [0.15, 0.2) is 5.16 Å². The van der Waals surface area contributed by atoms with Crippen LogP contribution in [0.4, 0.5) is 4.79 Å². The molecule has 1 atom stereocenters. The third kappa shape index (κ3) is 3.53. The van der Waals surface area contributed by atoms with Crippen LogP contribution in [-0.4, -0.2) is 26.7 Å². The fourth-order valence-corrected chi connectivity index (χ4v) is 3.97. The molecule has 0 unspecified atom stereocenters. The number of nitrogens with two attached hydrogens (primary N) is 1. The van der Waals surface area contributed by atoms with Crippen molar-refractivity contribution in [2.75, 3.05) is 0 Å². The Balaban J connectivity index is 1.64. The first-order valence-electron chi connectivity index (χ1n) is 8.40. The zero-order valence-electron chi connectivity index (χ0n) is 13.6. The molecule has 2 saturated carbocycles. The highest BCUT2D eigenvalue weighted by atomic mass is 32.2. The van der Waals surface area contributed by atoms with Gasteiger partial charge in [0.05, 0.1) is 0 Å². The van der Waals surface area contributed by atoms with Crippen molar-refractivity contribution in [3.05, 3.63) is 41.7 Å². The Morgan fingerprint density at radius 3 is 2.48 bits per heavy atom. The van der Waals surface area contributed by atoms with Gasteiger partial charge in [0.1, 0.15) is 11.1 Å². The van der Waals surface area contributed by atoms with E-state index in [-0.39, 0.29) is 0 Å². The minimum atomic E-state index is -0.853. The zero-order chi connectivity index (χ0) is 17.4. The van der Waals surface area contributed by atoms with E-state index in [1.54, 1.807) is 0 Å². The predicted octanol–water partition coefficient (Wildman–Crippen LogP) is 2.52. The minimum Gasteiger partial charge on any atom is -0.351 e. The molecule has 2 aromatic rings. The zero-order valence-corrected chi connectivity index (χ0v) is 14.4. The summed E-state index contributed by atoms with van der Waals surface area (Å²) in [5.74, 6) is 1.09. The van der Waals surface area contributed by atoms with Crippen LogP contribution in [-0.2, 0) is 4.79 Å². The molecule has 0 bridgehead atoms. The van der Waals surface area contributed by atoms with Gasteiger partial charge >= 0.3 is 6.03 Å². The maximum absolute atomic E-state index is 12.5. The van der Waals surface area contributed by atoms with Crippen LogP contribution in [0.1, 0.15) is 54.3 Å². The molecule has 7 nitrogen and oxygen atoms in total. The second kappa shape index (κ2) is 6.51. The Kier molecular flexibility index (Phi) is 4.20. The van der Waals surface area contributed by atoms with Crippen LogP contribution in [0, 0.1) is 0 Å². The van der Waals surface area contributed by atoms with Crippen molar-refractivity contribution in [2.24, 2.45) is 5.73 Å². The van der Waals surface area contributed by atoms with E-state index < -0.39 is 17.2 Å². The van der Waals surface area contributed by atoms with E-state index in [0.29, 0.717) is 12.0 Å². The standard InChI is InChI=1S/C17H19N5O2S/c18-16(24)19-15(23)13(10-4-2-1-3-5-10)25-17-21-20-14(11-6-7-11)22(17)12-8-9-12/h1-5,11-13H,6-9H2,(H3,18,19,23,24)/t13-/m0/s1. The number of imide groups is 1. The number of carbonyl (C=O) groups is 2. The van der Waals surface area contributed by atoms with Crippen LogP contribution >= 0.6 is 11.8 Å². The predicted molar refractivity (Wildman–Crippen MR) is 93.0 cm³/mol. The SMILES string of the molecule is NC(=O)NC(=O)[C@@H](Sc1nnc(C2CC2)n1C1CC1)c1ccccc1. The van der Waals surface area contributed by atoms with E-state index in [9.17, 15) is 9.59 Å². The fourth-order valence-electron chi connectivity index (χ4n) is 2.86. The van der Waals surface area contributed by atoms with Gasteiger partial charge < -0.3 is 10.3 Å². The van der Waals surface area contributed by atoms with Crippen molar-refractivity contribution in [1.29, 1.82) is 0 Å². The molecule has 2 aliphatic rings. The summed E-state index contributed by atoms with van der Waals surface area (Å²) in [6, 6.07) is 8.91. The Morgan fingerprint density at radius 1 is 1.16 bits per heavy atom. The lowest BCUT2D eigenvalue weighted by atomic mass is 10.1. The summed E-state index contributed by atoms with van der Waals surface area (Å²) in [7, 11) is 0. The average molecular weight is 357 g/mol. The second-order valence-electron chi connectivity index (χ2n) is 6.48. The third-order valence-corrected chi connectivity index (χ3v) is 5.57. The smallest absolute Gasteiger partial charge is 0.318 e. The number of carbonyl (C=O) groups excluding carboxylic acids is 2. The van der Waals surface area contributed by atoms with Crippen LogP contribution < -0.4 is 11.1 Å². The fraction of sp³-hybridized carbons (Fsp3) is 0.412. The van der Waals surface area contributed by atoms with E-state index in [1.165, 1.54) is 11.8 Å². The number of benzene rings is 1. The Hall–Kier alpha value is -2.35. The van der Waals surface area contributed by atoms with Gasteiger partial charge in [0.2, 0.25) is 5.91 Å². The summed E-state index contributed by atoms with van der Waals surface area (Å²) < 4.78 is 2.19. The first-order valence-corrected chi connectivity index (χ1v) is 9.28. The molecule has 3 N–H and O–H groups in total. The van der Waals surface area contributed by atoms with Gasteiger partial charge in [-0.2, -0.15) is 0 Å². The monoisotopic (exact) mass is 357 g/mol. The molecule has 130 valence electrons. The molecule has 8 heteroatoms. The number of primary amides is 1. The highest BCUT2D eigenvalue weighted by molar-refractivity contribution is 8.00. The van der Waals surface area contributed by atoms with Gasteiger partial charge in [-0.25, -0.2) is 4.79 Å². The minimum absolute atomic E-state index is 0.434. The number of urea groups is 1. The Labute approximate surface area is 149 Å². The lowest BCUT2D eigenvalue weighted by molar-refractivity contribution is -0.119. The van der Waals surface area contributed by atoms with Gasteiger partial charge in [0, 0.05) is 12.0 Å². The first kappa shape index (κ1) is 16.1. The van der Waals surface area contributed by atoms with Crippen molar-refractivity contribution in [1.82, 2.24) is 20.1 Å². The maximum atomic E-state index is 12.5. The highest BCUT2D eigenvalue weighted by Crippen LogP contribution is 2.47. The van der Waals surface area contributed by atoms with E-state index in [0.717, 1.165) is 42.2 Å². The van der Waals surface area contributed by atoms with Crippen molar-refractivity contribution < 1.29 is 9.59 Å². The van der Waals surface area contributed by atoms with Crippen LogP contribution in [0.15, 0.2) is 35.5 Å². The molecular weight excluding hydrogens is 338 g/mol. The Bertz CT molecular complexity index is 799. The molecule has 1 aromatic carbocycles. The topological polar surface area (TPSA) is 103 Å². The molecular formula is C17H19N5O2S. The van der Waals surface area contributed by atoms with Crippen LogP contribution in [0.25, 0.3) is 0 Å². The number of hydrogen-bond acceptors (Lipinski definition) is 5. The lowest BCUT2D eigenvalue weighted by Gasteiger charge is -2.16. The largest absolute Gasteiger partial charge is 0.351 e. The number of aromatic nitrogens is 3. The van der Waals surface area contributed by atoms with Gasteiger partial charge in [-0.1, -0.05) is 42.1 Å². The summed E-state index contributed by atoms with van der Waals surface area (Å²) in [5, 5.41) is 11.0. The Morgan fingerprint density at radius 2 is 1.88 bits per heavy atom. The second-order valence-corrected chi connectivity index (χ2v) is 7.55. The van der Waals surface area contributed by atoms with E-state index in [4.69, 9.17) is 5.73 Å². The molecule has 0 spiro atoms. The molecule has 25 heavy (non-hydrogen) atoms. The molecule has 0 aliphatic heterocycles. The van der Waals surface area contributed by atoms with Gasteiger partial charge in [-0.05, 0) is 31.2 Å². The number of nitrogens with zero attached hydrogens (tertiary/aromatic N) is 3. The quantitative estimate of drug-likeness (QED) is 0.773. The highest BCUT2D eigenvalue weighted by Gasteiger charge is 2.37. The summed E-state index contributed by atoms with van der Waals surface area (Å²) in [4.78, 5) is 23.7. The normalized spacial score (nSPS) is 17.9. The average Bonchev–Trinajstić information content (AvgIpc) is 3.51. The number of thioether (sulfide) groups is 1. The first-order chi connectivity index (χ1) is 12.1. The molecule has 1 aromatic heterocycles. The molecule has 3 amide bonds. The lowest BCUT2D eigenvalue weighted by Crippen LogP contribution is -2.37. The molecule has 0 saturated heterocycles. The van der Waals surface area contributed by atoms with Gasteiger partial charge in [0.25, 0.3) is 0 Å². The van der Waals surface area contributed by atoms with Crippen molar-refractivity contribution in [3.63, 3.8) is 0 Å². The van der Waals surface area contributed by atoms with E-state index in [1.807, 2.05) is 30.3 Å². The maximum Gasteiger partial charge on any atom is 0.318 e.